The fraction of sp³-hybridized carbons (Fsp3) is 0.667. The van der Waals surface area contributed by atoms with E-state index in [-0.39, 0.29) is 0 Å². The Morgan fingerprint density at radius 3 is 0.952 bits per heavy atom. The molecule has 0 aliphatic heterocycles. The van der Waals surface area contributed by atoms with E-state index >= 15 is 0 Å². The van der Waals surface area contributed by atoms with Crippen molar-refractivity contribution in [3.8, 4) is 0 Å². The Bertz CT molecular complexity index is 809. The molecule has 2 unspecified atom stereocenters. The Kier molecular flexibility index (Phi) is 22.0. The van der Waals surface area contributed by atoms with Gasteiger partial charge in [-0.2, -0.15) is 0 Å². The van der Waals surface area contributed by atoms with Crippen molar-refractivity contribution in [2.24, 2.45) is 0 Å². The van der Waals surface area contributed by atoms with E-state index in [0.29, 0.717) is 8.24 Å². The van der Waals surface area contributed by atoms with Crippen molar-refractivity contribution in [2.45, 2.75) is 144 Å². The van der Waals surface area contributed by atoms with Crippen molar-refractivity contribution in [3.63, 3.8) is 0 Å². The number of hydrogen-bond acceptors (Lipinski definition) is 2. The van der Waals surface area contributed by atoms with Gasteiger partial charge in [0.2, 0.25) is 0 Å². The van der Waals surface area contributed by atoms with Gasteiger partial charge >= 0.3 is 281 Å². The first kappa shape index (κ1) is 40.4. The quantitative estimate of drug-likeness (QED) is 0.124. The summed E-state index contributed by atoms with van der Waals surface area (Å²) in [5, 5.41) is 0. The molecule has 2 radical (unpaired) electrons. The molecular formula is C36H66O2Si2Sn2. The van der Waals surface area contributed by atoms with Crippen molar-refractivity contribution < 1.29 is 8.85 Å². The topological polar surface area (TPSA) is 18.5 Å². The van der Waals surface area contributed by atoms with Crippen LogP contribution < -0.4 is 0 Å². The molecule has 0 saturated carbocycles. The van der Waals surface area contributed by atoms with E-state index in [1.807, 2.05) is 0 Å². The van der Waals surface area contributed by atoms with Crippen LogP contribution in [0.2, 0.25) is 57.0 Å². The summed E-state index contributed by atoms with van der Waals surface area (Å²) in [6.07, 6.45) is 10.9. The van der Waals surface area contributed by atoms with Crippen LogP contribution >= 0.6 is 0 Å². The van der Waals surface area contributed by atoms with Gasteiger partial charge < -0.3 is 0 Å². The van der Waals surface area contributed by atoms with Gasteiger partial charge in [0.1, 0.15) is 0 Å². The third-order valence-electron chi connectivity index (χ3n) is 7.29. The molecule has 2 rings (SSSR count). The first-order chi connectivity index (χ1) is 20.0. The molecule has 0 spiro atoms. The van der Waals surface area contributed by atoms with Crippen molar-refractivity contribution in [2.75, 3.05) is 0 Å². The Morgan fingerprint density at radius 1 is 0.476 bits per heavy atom. The second-order valence-corrected chi connectivity index (χ2v) is 38.9. The maximum absolute atomic E-state index is 6.71. The first-order valence-electron chi connectivity index (χ1n) is 17.1. The predicted octanol–water partition coefficient (Wildman–Crippen LogP) is 12.4. The average Bonchev–Trinajstić information content (AvgIpc) is 2.95. The van der Waals surface area contributed by atoms with E-state index in [9.17, 15) is 0 Å². The molecule has 0 aromatic heterocycles. The number of rotatable bonds is 20. The van der Waals surface area contributed by atoms with Crippen LogP contribution in [0.1, 0.15) is 98.4 Å². The van der Waals surface area contributed by atoms with Gasteiger partial charge in [-0.25, -0.2) is 0 Å². The van der Waals surface area contributed by atoms with Gasteiger partial charge in [-0.3, -0.25) is 0 Å². The zero-order chi connectivity index (χ0) is 31.4. The van der Waals surface area contributed by atoms with Gasteiger partial charge in [-0.05, 0) is 0 Å². The molecule has 238 valence electrons. The van der Waals surface area contributed by atoms with Crippen LogP contribution in [-0.4, -0.2) is 56.2 Å². The van der Waals surface area contributed by atoms with E-state index in [1.165, 1.54) is 80.2 Å². The number of hydrogen-bond donors (Lipinski definition) is 0. The molecule has 2 nitrogen and oxygen atoms in total. The summed E-state index contributed by atoms with van der Waals surface area (Å²) >= 11 is -3.10. The third kappa shape index (κ3) is 18.4. The molecule has 42 heavy (non-hydrogen) atoms. The Hall–Kier alpha value is 0.391. The van der Waals surface area contributed by atoms with E-state index in [4.69, 9.17) is 8.85 Å². The van der Waals surface area contributed by atoms with Gasteiger partial charge in [0, 0.05) is 0 Å². The number of benzene rings is 2. The van der Waals surface area contributed by atoms with Crippen LogP contribution in [0, 0.1) is 0 Å². The fourth-order valence-corrected chi connectivity index (χ4v) is 33.5. The minimum atomic E-state index is -1.55. The average molecular weight is 825 g/mol. The Labute approximate surface area is 278 Å². The van der Waals surface area contributed by atoms with Gasteiger partial charge in [0.15, 0.2) is 0 Å². The normalized spacial score (nSPS) is 13.6. The van der Waals surface area contributed by atoms with E-state index < -0.39 is 56.2 Å². The number of unbranched alkanes of at least 4 members (excludes halogenated alkanes) is 4. The second-order valence-electron chi connectivity index (χ2n) is 13.8. The van der Waals surface area contributed by atoms with E-state index in [1.54, 1.807) is 0 Å². The van der Waals surface area contributed by atoms with Gasteiger partial charge in [0.25, 0.3) is 0 Å². The summed E-state index contributed by atoms with van der Waals surface area (Å²) in [6, 6.07) is 22.1. The standard InChI is InChI=1S/2C10H15OSi.4C4H9.2Sn/c2*1-12(2,3)11-9-10-7-5-4-6-8-10;4*1-3-4-2;;/h2*4-9H,1-3H3;4*1,3-4H2,2H3;;. The van der Waals surface area contributed by atoms with E-state index in [2.05, 4.69) is 128 Å². The van der Waals surface area contributed by atoms with Crippen LogP contribution in [0.15, 0.2) is 60.7 Å². The summed E-state index contributed by atoms with van der Waals surface area (Å²) in [5.74, 6) is 0. The fourth-order valence-electron chi connectivity index (χ4n) is 5.13. The van der Waals surface area contributed by atoms with Crippen LogP contribution in [0.25, 0.3) is 0 Å². The van der Waals surface area contributed by atoms with Crippen molar-refractivity contribution in [1.29, 1.82) is 0 Å². The summed E-state index contributed by atoms with van der Waals surface area (Å²) in [6.45, 7) is 23.3. The van der Waals surface area contributed by atoms with Crippen LogP contribution in [0.5, 0.6) is 0 Å². The van der Waals surface area contributed by atoms with Crippen LogP contribution in [-0.2, 0) is 8.85 Å². The monoisotopic (exact) mass is 826 g/mol. The first-order valence-corrected chi connectivity index (χ1v) is 35.3. The van der Waals surface area contributed by atoms with Gasteiger partial charge in [-0.15, -0.1) is 0 Å². The molecule has 2 aromatic carbocycles. The molecule has 0 aliphatic carbocycles. The van der Waals surface area contributed by atoms with Gasteiger partial charge in [-0.1, -0.05) is 0 Å². The molecule has 0 fully saturated rings. The minimum absolute atomic E-state index is 0.485. The van der Waals surface area contributed by atoms with Gasteiger partial charge in [0.05, 0.1) is 0 Å². The van der Waals surface area contributed by atoms with E-state index in [0.717, 1.165) is 0 Å². The molecule has 0 saturated heterocycles. The van der Waals surface area contributed by atoms with Crippen molar-refractivity contribution in [3.05, 3.63) is 71.8 Å². The molecule has 0 heterocycles. The Morgan fingerprint density at radius 2 is 0.738 bits per heavy atom. The second kappa shape index (κ2) is 22.8. The van der Waals surface area contributed by atoms with Crippen molar-refractivity contribution >= 4 is 56.2 Å². The van der Waals surface area contributed by atoms with Crippen LogP contribution in [0.3, 0.4) is 0 Å². The molecule has 6 heteroatoms. The summed E-state index contributed by atoms with van der Waals surface area (Å²) < 4.78 is 20.3. The molecule has 0 N–H and O–H groups in total. The summed E-state index contributed by atoms with van der Waals surface area (Å²) in [7, 11) is -2.99. The molecule has 0 aliphatic rings. The third-order valence-corrected chi connectivity index (χ3v) is 28.7. The summed E-state index contributed by atoms with van der Waals surface area (Å²) in [4.78, 5) is 0. The zero-order valence-corrected chi connectivity index (χ0v) is 36.9. The molecule has 2 aromatic rings. The zero-order valence-electron chi connectivity index (χ0n) is 29.2. The molecule has 0 bridgehead atoms. The van der Waals surface area contributed by atoms with Crippen molar-refractivity contribution in [1.82, 2.24) is 0 Å². The Balaban J connectivity index is 0.000000420. The molecular weight excluding hydrogens is 758 g/mol. The molecule has 0 amide bonds. The SMILES string of the molecule is CCC[CH2][Sn]([CH2]CCC)[CH](O[Si](C)(C)C)c1ccccc1.CCC[CH2][Sn]([CH2]CCC)[CH](O[Si](C)(C)C)c1ccccc1. The summed E-state index contributed by atoms with van der Waals surface area (Å²) in [5.41, 5.74) is 2.92. The maximum atomic E-state index is 6.71. The van der Waals surface area contributed by atoms with Crippen LogP contribution in [0.4, 0.5) is 0 Å². The molecule has 2 atom stereocenters. The predicted molar refractivity (Wildman–Crippen MR) is 198 cm³/mol.